The standard InChI is InChI=1S/C16H13N3O6/c20-15-13(25-12-2-1-8-17-14(12)18-15)7-9-24-16(21)10-3-5-11(6-4-10)19(22)23/h1-6,8,13H,7,9H2,(H,17,18,20)/t13-/m1/s1. The molecule has 25 heavy (non-hydrogen) atoms. The van der Waals surface area contributed by atoms with Crippen LogP contribution in [0.15, 0.2) is 42.6 Å². The Kier molecular flexibility index (Phi) is 4.55. The Morgan fingerprint density at radius 2 is 2.08 bits per heavy atom. The molecule has 2 aromatic rings. The minimum atomic E-state index is -0.790. The average Bonchev–Trinajstić information content (AvgIpc) is 2.62. The topological polar surface area (TPSA) is 121 Å². The van der Waals surface area contributed by atoms with Gasteiger partial charge in [0.15, 0.2) is 17.7 Å². The number of nitrogens with one attached hydrogen (secondary N) is 1. The molecule has 9 heteroatoms. The van der Waals surface area contributed by atoms with Crippen molar-refractivity contribution in [2.24, 2.45) is 0 Å². The zero-order valence-electron chi connectivity index (χ0n) is 12.9. The van der Waals surface area contributed by atoms with Crippen molar-refractivity contribution in [2.45, 2.75) is 12.5 Å². The number of benzene rings is 1. The van der Waals surface area contributed by atoms with E-state index in [1.54, 1.807) is 12.1 Å². The quantitative estimate of drug-likeness (QED) is 0.500. The molecule has 0 fully saturated rings. The third-order valence-corrected chi connectivity index (χ3v) is 3.50. The molecule has 2 heterocycles. The van der Waals surface area contributed by atoms with Gasteiger partial charge in [0, 0.05) is 24.8 Å². The first-order chi connectivity index (χ1) is 12.0. The van der Waals surface area contributed by atoms with Crippen molar-refractivity contribution in [3.05, 3.63) is 58.3 Å². The molecule has 0 aliphatic carbocycles. The van der Waals surface area contributed by atoms with Gasteiger partial charge in [-0.05, 0) is 24.3 Å². The Balaban J connectivity index is 1.53. The number of rotatable bonds is 5. The number of aromatic nitrogens is 1. The summed E-state index contributed by atoms with van der Waals surface area (Å²) in [6.07, 6.45) is 0.912. The summed E-state index contributed by atoms with van der Waals surface area (Å²) in [6, 6.07) is 8.43. The number of hydrogen-bond acceptors (Lipinski definition) is 7. The molecule has 1 aromatic heterocycles. The Morgan fingerprint density at radius 1 is 1.32 bits per heavy atom. The number of amides is 1. The molecule has 0 saturated heterocycles. The van der Waals surface area contributed by atoms with Gasteiger partial charge in [0.05, 0.1) is 17.1 Å². The van der Waals surface area contributed by atoms with Crippen LogP contribution in [0, 0.1) is 10.1 Å². The van der Waals surface area contributed by atoms with E-state index in [1.807, 2.05) is 0 Å². The van der Waals surface area contributed by atoms with Gasteiger partial charge in [-0.3, -0.25) is 14.9 Å². The lowest BCUT2D eigenvalue weighted by Gasteiger charge is -2.24. The van der Waals surface area contributed by atoms with Crippen molar-refractivity contribution >= 4 is 23.4 Å². The van der Waals surface area contributed by atoms with E-state index >= 15 is 0 Å². The van der Waals surface area contributed by atoms with E-state index in [9.17, 15) is 19.7 Å². The fourth-order valence-electron chi connectivity index (χ4n) is 2.23. The first-order valence-corrected chi connectivity index (χ1v) is 7.39. The van der Waals surface area contributed by atoms with Crippen LogP contribution >= 0.6 is 0 Å². The Morgan fingerprint density at radius 3 is 2.80 bits per heavy atom. The zero-order chi connectivity index (χ0) is 17.8. The van der Waals surface area contributed by atoms with Gasteiger partial charge < -0.3 is 14.8 Å². The Labute approximate surface area is 141 Å². The highest BCUT2D eigenvalue weighted by Crippen LogP contribution is 2.27. The summed E-state index contributed by atoms with van der Waals surface area (Å²) in [5, 5.41) is 13.2. The smallest absolute Gasteiger partial charge is 0.338 e. The maximum Gasteiger partial charge on any atom is 0.338 e. The number of esters is 1. The lowest BCUT2D eigenvalue weighted by Crippen LogP contribution is -2.38. The molecular weight excluding hydrogens is 330 g/mol. The summed E-state index contributed by atoms with van der Waals surface area (Å²) in [5.74, 6) is -0.189. The largest absolute Gasteiger partial charge is 0.477 e. The third kappa shape index (κ3) is 3.71. The number of fused-ring (bicyclic) bond motifs is 1. The number of carbonyl (C=O) groups excluding carboxylic acids is 2. The van der Waals surface area contributed by atoms with Crippen LogP contribution in [-0.2, 0) is 9.53 Å². The molecule has 0 spiro atoms. The highest BCUT2D eigenvalue weighted by atomic mass is 16.6. The Bertz CT molecular complexity index is 821. The number of hydrogen-bond donors (Lipinski definition) is 1. The molecule has 0 radical (unpaired) electrons. The van der Waals surface area contributed by atoms with E-state index in [1.165, 1.54) is 30.5 Å². The number of anilines is 1. The van der Waals surface area contributed by atoms with Gasteiger partial charge in [0.25, 0.3) is 11.6 Å². The van der Waals surface area contributed by atoms with Gasteiger partial charge in [-0.1, -0.05) is 0 Å². The predicted octanol–water partition coefficient (Wildman–Crippen LogP) is 1.94. The van der Waals surface area contributed by atoms with Crippen LogP contribution in [0.25, 0.3) is 0 Å². The second kappa shape index (κ2) is 6.95. The van der Waals surface area contributed by atoms with Gasteiger partial charge in [0.1, 0.15) is 0 Å². The van der Waals surface area contributed by atoms with Gasteiger partial charge in [0.2, 0.25) is 0 Å². The summed E-state index contributed by atoms with van der Waals surface area (Å²) in [6.45, 7) is -0.0382. The summed E-state index contributed by atoms with van der Waals surface area (Å²) in [5.41, 5.74) is 0.0743. The normalized spacial score (nSPS) is 15.5. The summed E-state index contributed by atoms with van der Waals surface area (Å²) >= 11 is 0. The van der Waals surface area contributed by atoms with Crippen LogP contribution in [0.2, 0.25) is 0 Å². The third-order valence-electron chi connectivity index (χ3n) is 3.50. The SMILES string of the molecule is O=C(OCC[C@H]1Oc2cccnc2NC1=O)c1ccc([N+](=O)[O-])cc1. The second-order valence-corrected chi connectivity index (χ2v) is 5.17. The van der Waals surface area contributed by atoms with Crippen molar-refractivity contribution in [2.75, 3.05) is 11.9 Å². The number of nitro benzene ring substituents is 1. The minimum Gasteiger partial charge on any atom is -0.477 e. The van der Waals surface area contributed by atoms with Gasteiger partial charge in [-0.15, -0.1) is 0 Å². The molecule has 1 N–H and O–H groups in total. The number of non-ortho nitro benzene ring substituents is 1. The zero-order valence-corrected chi connectivity index (χ0v) is 12.9. The summed E-state index contributed by atoms with van der Waals surface area (Å²) in [7, 11) is 0. The molecule has 1 aromatic carbocycles. The van der Waals surface area contributed by atoms with Crippen LogP contribution in [-0.4, -0.2) is 34.5 Å². The second-order valence-electron chi connectivity index (χ2n) is 5.17. The highest BCUT2D eigenvalue weighted by Gasteiger charge is 2.28. The van der Waals surface area contributed by atoms with Crippen molar-refractivity contribution in [3.63, 3.8) is 0 Å². The van der Waals surface area contributed by atoms with Crippen molar-refractivity contribution < 1.29 is 24.0 Å². The molecule has 1 atom stereocenters. The van der Waals surface area contributed by atoms with E-state index in [4.69, 9.17) is 9.47 Å². The van der Waals surface area contributed by atoms with Crippen LogP contribution in [0.4, 0.5) is 11.5 Å². The lowest BCUT2D eigenvalue weighted by molar-refractivity contribution is -0.384. The first kappa shape index (κ1) is 16.4. The number of nitro groups is 1. The molecule has 0 bridgehead atoms. The molecule has 3 rings (SSSR count). The number of carbonyl (C=O) groups is 2. The molecule has 9 nitrogen and oxygen atoms in total. The van der Waals surface area contributed by atoms with Crippen LogP contribution in [0.3, 0.4) is 0 Å². The van der Waals surface area contributed by atoms with E-state index < -0.39 is 17.0 Å². The van der Waals surface area contributed by atoms with Crippen LogP contribution in [0.1, 0.15) is 16.8 Å². The van der Waals surface area contributed by atoms with E-state index in [2.05, 4.69) is 10.3 Å². The molecule has 1 amide bonds. The highest BCUT2D eigenvalue weighted by molar-refractivity contribution is 5.96. The van der Waals surface area contributed by atoms with Crippen molar-refractivity contribution in [1.29, 1.82) is 0 Å². The van der Waals surface area contributed by atoms with Gasteiger partial charge >= 0.3 is 5.97 Å². The predicted molar refractivity (Wildman–Crippen MR) is 85.3 cm³/mol. The number of nitrogens with zero attached hydrogens (tertiary/aromatic N) is 2. The summed E-state index contributed by atoms with van der Waals surface area (Å²) in [4.78, 5) is 37.8. The fraction of sp³-hybridized carbons (Fsp3) is 0.188. The molecule has 0 saturated carbocycles. The number of pyridine rings is 1. The average molecular weight is 343 g/mol. The minimum absolute atomic E-state index is 0.0382. The van der Waals surface area contributed by atoms with Crippen molar-refractivity contribution in [3.8, 4) is 5.75 Å². The van der Waals surface area contributed by atoms with Gasteiger partial charge in [-0.25, -0.2) is 9.78 Å². The Hall–Kier alpha value is -3.49. The molecule has 128 valence electrons. The molecule has 1 aliphatic rings. The molecular formula is C16H13N3O6. The fourth-order valence-corrected chi connectivity index (χ4v) is 2.23. The molecule has 0 unspecified atom stereocenters. The monoisotopic (exact) mass is 343 g/mol. The lowest BCUT2D eigenvalue weighted by atomic mass is 10.2. The van der Waals surface area contributed by atoms with Crippen LogP contribution < -0.4 is 10.1 Å². The van der Waals surface area contributed by atoms with E-state index in [0.717, 1.165) is 0 Å². The first-order valence-electron chi connectivity index (χ1n) is 7.39. The maximum atomic E-state index is 11.9. The van der Waals surface area contributed by atoms with Crippen LogP contribution in [0.5, 0.6) is 5.75 Å². The van der Waals surface area contributed by atoms with E-state index in [0.29, 0.717) is 11.6 Å². The molecule has 1 aliphatic heterocycles. The van der Waals surface area contributed by atoms with E-state index in [-0.39, 0.29) is 30.2 Å². The van der Waals surface area contributed by atoms with Gasteiger partial charge in [-0.2, -0.15) is 0 Å². The summed E-state index contributed by atoms with van der Waals surface area (Å²) < 4.78 is 10.6. The maximum absolute atomic E-state index is 11.9. The number of ether oxygens (including phenoxy) is 2. The van der Waals surface area contributed by atoms with Crippen molar-refractivity contribution in [1.82, 2.24) is 4.98 Å².